The third kappa shape index (κ3) is 2.44. The van der Waals surface area contributed by atoms with E-state index in [1.807, 2.05) is 30.3 Å². The molecule has 0 atom stereocenters. The molecule has 1 aromatic heterocycles. The van der Waals surface area contributed by atoms with Crippen molar-refractivity contribution in [3.63, 3.8) is 0 Å². The average molecular weight is 311 g/mol. The predicted octanol–water partition coefficient (Wildman–Crippen LogP) is 1.25. The Balaban J connectivity index is 2.19. The molecule has 2 heterocycles. The zero-order valence-electron chi connectivity index (χ0n) is 11.6. The third-order valence-corrected chi connectivity index (χ3v) is 3.62. The van der Waals surface area contributed by atoms with Crippen molar-refractivity contribution in [1.82, 2.24) is 9.55 Å². The minimum Gasteiger partial charge on any atom is -0.494 e. The second-order valence-electron chi connectivity index (χ2n) is 4.78. The van der Waals surface area contributed by atoms with Gasteiger partial charge in [-0.1, -0.05) is 24.3 Å². The van der Waals surface area contributed by atoms with E-state index in [0.717, 1.165) is 10.6 Å². The molecule has 1 aromatic carbocycles. The molecule has 0 amide bonds. The number of allylic oxidation sites excluding steroid dienone is 2. The Bertz CT molecular complexity index is 992. The van der Waals surface area contributed by atoms with E-state index < -0.39 is 5.56 Å². The number of benzene rings is 1. The summed E-state index contributed by atoms with van der Waals surface area (Å²) in [6.07, 6.45) is 4.99. The average Bonchev–Trinajstić information content (AvgIpc) is 2.90. The van der Waals surface area contributed by atoms with Crippen LogP contribution in [0.15, 0.2) is 52.4 Å². The Labute approximate surface area is 130 Å². The van der Waals surface area contributed by atoms with Crippen molar-refractivity contribution in [2.45, 2.75) is 6.54 Å². The molecule has 22 heavy (non-hydrogen) atoms. The summed E-state index contributed by atoms with van der Waals surface area (Å²) >= 11 is 5.04. The quantitative estimate of drug-likeness (QED) is 0.662. The van der Waals surface area contributed by atoms with E-state index in [4.69, 9.17) is 12.2 Å². The van der Waals surface area contributed by atoms with Crippen LogP contribution >= 0.6 is 12.2 Å². The van der Waals surface area contributed by atoms with E-state index >= 15 is 0 Å². The number of nitrogens with one attached hydrogen (secondary N) is 1. The Morgan fingerprint density at radius 3 is 2.91 bits per heavy atom. The number of hydrogen-bond acceptors (Lipinski definition) is 4. The third-order valence-electron chi connectivity index (χ3n) is 3.30. The number of aromatic nitrogens is 2. The molecule has 0 bridgehead atoms. The fourth-order valence-electron chi connectivity index (χ4n) is 2.27. The van der Waals surface area contributed by atoms with Crippen molar-refractivity contribution < 1.29 is 5.11 Å². The predicted molar refractivity (Wildman–Crippen MR) is 87.4 cm³/mol. The summed E-state index contributed by atoms with van der Waals surface area (Å²) in [6.45, 7) is 3.91. The standard InChI is InChI=1S/C16H13N3O2S/c1-2-7-19-15(21)12(14(20)18-16(19)22)9-11-8-10-5-3-4-6-13(10)17-11/h2-6,8-9,21H,1,7H2,(H,18,20,22)/b11-9-. The molecule has 2 N–H and O–H groups in total. The van der Waals surface area contributed by atoms with Crippen molar-refractivity contribution in [3.8, 4) is 5.88 Å². The van der Waals surface area contributed by atoms with Crippen molar-refractivity contribution in [2.75, 3.05) is 0 Å². The van der Waals surface area contributed by atoms with Crippen molar-refractivity contribution >= 4 is 24.4 Å². The van der Waals surface area contributed by atoms with E-state index in [2.05, 4.69) is 16.6 Å². The first-order valence-electron chi connectivity index (χ1n) is 6.64. The molecular weight excluding hydrogens is 298 g/mol. The van der Waals surface area contributed by atoms with Gasteiger partial charge in [0.25, 0.3) is 5.56 Å². The monoisotopic (exact) mass is 311 g/mol. The van der Waals surface area contributed by atoms with E-state index in [-0.39, 0.29) is 16.2 Å². The van der Waals surface area contributed by atoms with Gasteiger partial charge in [-0.2, -0.15) is 0 Å². The summed E-state index contributed by atoms with van der Waals surface area (Å²) in [4.78, 5) is 19.0. The first-order chi connectivity index (χ1) is 10.6. The number of fused-ring (bicyclic) bond motifs is 1. The molecule has 0 aliphatic carbocycles. The number of hydrogen-bond donors (Lipinski definition) is 2. The molecule has 110 valence electrons. The lowest BCUT2D eigenvalue weighted by Crippen LogP contribution is -2.19. The van der Waals surface area contributed by atoms with Gasteiger partial charge in [-0.3, -0.25) is 14.3 Å². The van der Waals surface area contributed by atoms with Crippen LogP contribution in [0.1, 0.15) is 5.56 Å². The molecule has 5 nitrogen and oxygen atoms in total. The number of aromatic amines is 1. The van der Waals surface area contributed by atoms with Gasteiger partial charge in [-0.05, 0) is 30.4 Å². The summed E-state index contributed by atoms with van der Waals surface area (Å²) in [6, 6.07) is 7.64. The van der Waals surface area contributed by atoms with Crippen LogP contribution in [-0.2, 0) is 6.54 Å². The summed E-state index contributed by atoms with van der Waals surface area (Å²) in [5.74, 6) is -0.194. The number of H-pyrrole nitrogens is 1. The summed E-state index contributed by atoms with van der Waals surface area (Å²) < 4.78 is 1.55. The molecule has 0 saturated carbocycles. The van der Waals surface area contributed by atoms with E-state index in [9.17, 15) is 9.90 Å². The van der Waals surface area contributed by atoms with Gasteiger partial charge in [0.1, 0.15) is 5.56 Å². The molecule has 0 spiro atoms. The van der Waals surface area contributed by atoms with Crippen LogP contribution in [-0.4, -0.2) is 14.7 Å². The minimum atomic E-state index is -0.449. The van der Waals surface area contributed by atoms with Crippen LogP contribution in [0.2, 0.25) is 0 Å². The van der Waals surface area contributed by atoms with Gasteiger partial charge < -0.3 is 5.11 Å². The molecule has 6 heteroatoms. The van der Waals surface area contributed by atoms with E-state index in [1.54, 1.807) is 12.2 Å². The molecule has 1 aliphatic heterocycles. The molecule has 0 saturated heterocycles. The Morgan fingerprint density at radius 1 is 1.41 bits per heavy atom. The molecular formula is C16H13N3O2S. The van der Waals surface area contributed by atoms with Crippen LogP contribution in [0.4, 0.5) is 0 Å². The zero-order valence-corrected chi connectivity index (χ0v) is 12.4. The fourth-order valence-corrected chi connectivity index (χ4v) is 2.52. The number of rotatable bonds is 3. The lowest BCUT2D eigenvalue weighted by Gasteiger charge is -2.08. The lowest BCUT2D eigenvalue weighted by atomic mass is 10.2. The maximum absolute atomic E-state index is 12.1. The smallest absolute Gasteiger partial charge is 0.262 e. The van der Waals surface area contributed by atoms with Crippen LogP contribution in [0.25, 0.3) is 12.2 Å². The largest absolute Gasteiger partial charge is 0.494 e. The summed E-state index contributed by atoms with van der Waals surface area (Å²) in [7, 11) is 0. The first kappa shape index (κ1) is 14.2. The Morgan fingerprint density at radius 2 is 2.18 bits per heavy atom. The second kappa shape index (κ2) is 5.57. The van der Waals surface area contributed by atoms with Crippen molar-refractivity contribution in [1.29, 1.82) is 0 Å². The van der Waals surface area contributed by atoms with Crippen molar-refractivity contribution in [2.24, 2.45) is 4.99 Å². The summed E-state index contributed by atoms with van der Waals surface area (Å²) in [5, 5.41) is 12.1. The lowest BCUT2D eigenvalue weighted by molar-refractivity contribution is 0.412. The topological polar surface area (TPSA) is 70.4 Å². The number of nitrogens with zero attached hydrogens (tertiary/aromatic N) is 2. The van der Waals surface area contributed by atoms with Crippen LogP contribution in [0, 0.1) is 4.77 Å². The highest BCUT2D eigenvalue weighted by Gasteiger charge is 2.11. The molecule has 0 fully saturated rings. The Hall–Kier alpha value is -2.73. The molecule has 2 aromatic rings. The molecule has 0 radical (unpaired) electrons. The summed E-state index contributed by atoms with van der Waals surface area (Å²) in [5.41, 5.74) is 0.275. The Kier molecular flexibility index (Phi) is 3.60. The van der Waals surface area contributed by atoms with Crippen LogP contribution in [0.5, 0.6) is 5.88 Å². The molecule has 0 unspecified atom stereocenters. The highest BCUT2D eigenvalue weighted by atomic mass is 32.1. The zero-order chi connectivity index (χ0) is 15.7. The first-order valence-corrected chi connectivity index (χ1v) is 7.05. The van der Waals surface area contributed by atoms with Gasteiger partial charge in [0.2, 0.25) is 5.88 Å². The normalized spacial score (nSPS) is 14.3. The van der Waals surface area contributed by atoms with Gasteiger partial charge >= 0.3 is 0 Å². The minimum absolute atomic E-state index is 0.123. The van der Waals surface area contributed by atoms with Crippen LogP contribution in [0.3, 0.4) is 0 Å². The molecule has 3 rings (SSSR count). The van der Waals surface area contributed by atoms with Gasteiger partial charge in [-0.15, -0.1) is 6.58 Å². The molecule has 1 aliphatic rings. The van der Waals surface area contributed by atoms with Gasteiger partial charge in [-0.25, -0.2) is 4.99 Å². The maximum atomic E-state index is 12.1. The van der Waals surface area contributed by atoms with E-state index in [1.165, 1.54) is 4.57 Å². The van der Waals surface area contributed by atoms with Gasteiger partial charge in [0.05, 0.1) is 11.1 Å². The second-order valence-corrected chi connectivity index (χ2v) is 5.17. The van der Waals surface area contributed by atoms with Gasteiger partial charge in [0.15, 0.2) is 4.77 Å². The highest BCUT2D eigenvalue weighted by molar-refractivity contribution is 7.71. The van der Waals surface area contributed by atoms with Gasteiger partial charge in [0, 0.05) is 11.8 Å². The maximum Gasteiger partial charge on any atom is 0.262 e. The SMILES string of the molecule is C=CCn1c(O)c(/C=C2/C=c3ccccc3=N2)c(=O)[nH]c1=S. The van der Waals surface area contributed by atoms with E-state index in [0.29, 0.717) is 12.2 Å². The van der Waals surface area contributed by atoms with Crippen LogP contribution < -0.4 is 16.1 Å². The van der Waals surface area contributed by atoms with Crippen molar-refractivity contribution in [3.05, 3.63) is 73.9 Å². The highest BCUT2D eigenvalue weighted by Crippen LogP contribution is 2.17. The fraction of sp³-hybridized carbons (Fsp3) is 0.0625. The number of aromatic hydroxyl groups is 1. The number of para-hydroxylation sites is 1.